The molecule has 2 N–H and O–H groups in total. The van der Waals surface area contributed by atoms with E-state index in [4.69, 9.17) is 0 Å². The molecule has 0 spiro atoms. The Morgan fingerprint density at radius 2 is 1.91 bits per heavy atom. The first-order chi connectivity index (χ1) is 10.3. The van der Waals surface area contributed by atoms with Gasteiger partial charge in [0.05, 0.1) is 7.05 Å². The van der Waals surface area contributed by atoms with Crippen LogP contribution in [0.2, 0.25) is 0 Å². The summed E-state index contributed by atoms with van der Waals surface area (Å²) in [6, 6.07) is 0. The monoisotopic (exact) mass is 342 g/mol. The molecule has 0 saturated heterocycles. The van der Waals surface area contributed by atoms with Crippen molar-refractivity contribution < 1.29 is 27.2 Å². The molecule has 1 unspecified atom stereocenters. The zero-order valence-electron chi connectivity index (χ0n) is 14.5. The highest BCUT2D eigenvalue weighted by Gasteiger charge is 2.34. The second-order valence-electron chi connectivity index (χ2n) is 6.17. The van der Waals surface area contributed by atoms with E-state index in [1.807, 2.05) is 62.8 Å². The number of aliphatic hydroxyl groups is 2. The zero-order chi connectivity index (χ0) is 16.4. The molecule has 1 aliphatic heterocycles. The molecule has 23 heavy (non-hydrogen) atoms. The molecule has 1 aromatic heterocycles. The summed E-state index contributed by atoms with van der Waals surface area (Å²) in [5, 5.41) is 21.1. The van der Waals surface area contributed by atoms with Gasteiger partial charge in [0, 0.05) is 17.7 Å². The molecule has 0 radical (unpaired) electrons. The predicted octanol–water partition coefficient (Wildman–Crippen LogP) is -2.08. The summed E-state index contributed by atoms with van der Waals surface area (Å²) in [4.78, 5) is 3.76. The van der Waals surface area contributed by atoms with Crippen LogP contribution in [0.4, 0.5) is 0 Å². The molecule has 1 atom stereocenters. The Kier molecular flexibility index (Phi) is 6.68. The summed E-state index contributed by atoms with van der Waals surface area (Å²) < 4.78 is 3.84. The number of allylic oxidation sites excluding steroid dienone is 2. The normalized spacial score (nSPS) is 18.7. The molecular weight excluding hydrogens is 316 g/mol. The van der Waals surface area contributed by atoms with Crippen molar-refractivity contribution in [1.82, 2.24) is 14.4 Å². The molecule has 6 nitrogen and oxygen atoms in total. The van der Waals surface area contributed by atoms with Gasteiger partial charge in [-0.2, -0.15) is 0 Å². The van der Waals surface area contributed by atoms with E-state index in [-0.39, 0.29) is 18.3 Å². The van der Waals surface area contributed by atoms with Crippen LogP contribution in [-0.4, -0.2) is 58.0 Å². The molecule has 0 amide bonds. The van der Waals surface area contributed by atoms with Gasteiger partial charge in [-0.15, -0.1) is 0 Å². The van der Waals surface area contributed by atoms with E-state index in [1.54, 1.807) is 4.90 Å². The molecule has 1 aromatic rings. The molecule has 0 bridgehead atoms. The highest BCUT2D eigenvalue weighted by atomic mass is 35.5. The number of aliphatic hydroxyl groups excluding tert-OH is 2. The van der Waals surface area contributed by atoms with Crippen LogP contribution in [0.15, 0.2) is 35.8 Å². The molecule has 0 saturated carbocycles. The highest BCUT2D eigenvalue weighted by molar-refractivity contribution is 5.62. The maximum absolute atomic E-state index is 10.7. The number of aryl methyl sites for hydroxylation is 1. The number of rotatable bonds is 5. The van der Waals surface area contributed by atoms with Crippen LogP contribution in [0, 0.1) is 0 Å². The Labute approximate surface area is 144 Å². The van der Waals surface area contributed by atoms with Crippen LogP contribution >= 0.6 is 0 Å². The lowest BCUT2D eigenvalue weighted by atomic mass is 10.0. The lowest BCUT2D eigenvalue weighted by molar-refractivity contribution is -0.670. The first-order valence-electron chi connectivity index (χ1n) is 7.57. The molecule has 2 heterocycles. The van der Waals surface area contributed by atoms with Crippen LogP contribution in [-0.2, 0) is 7.05 Å². The van der Waals surface area contributed by atoms with Crippen molar-refractivity contribution >= 4 is 5.70 Å². The lowest BCUT2D eigenvalue weighted by Crippen LogP contribution is -3.00. The smallest absolute Gasteiger partial charge is 0.248 e. The zero-order valence-corrected chi connectivity index (χ0v) is 15.2. The van der Waals surface area contributed by atoms with Gasteiger partial charge in [-0.05, 0) is 40.9 Å². The predicted molar refractivity (Wildman–Crippen MR) is 85.7 cm³/mol. The van der Waals surface area contributed by atoms with Crippen molar-refractivity contribution in [2.24, 2.45) is 7.05 Å². The Bertz CT molecular complexity index is 607. The topological polar surface area (TPSA) is 55.8 Å². The van der Waals surface area contributed by atoms with Gasteiger partial charge in [-0.3, -0.25) is 0 Å². The molecule has 130 valence electrons. The van der Waals surface area contributed by atoms with Gasteiger partial charge in [0.15, 0.2) is 17.8 Å². The van der Waals surface area contributed by atoms with Gasteiger partial charge in [0.2, 0.25) is 6.33 Å². The molecule has 1 aliphatic rings. The number of halogens is 1. The molecule has 0 aromatic carbocycles. The first-order valence-corrected chi connectivity index (χ1v) is 7.57. The van der Waals surface area contributed by atoms with Gasteiger partial charge in [0.25, 0.3) is 0 Å². The van der Waals surface area contributed by atoms with Crippen LogP contribution in [0.25, 0.3) is 5.70 Å². The largest absolute Gasteiger partial charge is 1.00 e. The third-order valence-corrected chi connectivity index (χ3v) is 4.15. The first kappa shape index (κ1) is 19.5. The number of nitrogens with zero attached hydrogens (tertiary/aromatic N) is 4. The quantitative estimate of drug-likeness (QED) is 0.603. The number of hydrogen-bond acceptors (Lipinski definition) is 4. The SMILES string of the molecule is CC1=C(O)N(CCCN(C)C)C(O)C(n2cc[n+](C)c2)=C1C.[Cl-]. The van der Waals surface area contributed by atoms with E-state index < -0.39 is 6.23 Å². The van der Waals surface area contributed by atoms with Gasteiger partial charge < -0.3 is 32.4 Å². The third-order valence-electron chi connectivity index (χ3n) is 4.15. The van der Waals surface area contributed by atoms with E-state index in [9.17, 15) is 10.2 Å². The Balaban J connectivity index is 0.00000264. The van der Waals surface area contributed by atoms with E-state index in [2.05, 4.69) is 4.90 Å². The summed E-state index contributed by atoms with van der Waals surface area (Å²) in [5.74, 6) is 0.170. The molecule has 0 fully saturated rings. The van der Waals surface area contributed by atoms with Crippen LogP contribution < -0.4 is 17.0 Å². The fraction of sp³-hybridized carbons (Fsp3) is 0.562. The van der Waals surface area contributed by atoms with E-state index >= 15 is 0 Å². The molecule has 7 heteroatoms. The maximum atomic E-state index is 10.7. The average molecular weight is 343 g/mol. The summed E-state index contributed by atoms with van der Waals surface area (Å²) >= 11 is 0. The standard InChI is InChI=1S/C16H26N4O2.ClH/c1-12-13(2)15(21)20(8-6-7-17(3)4)16(22)14(12)19-10-9-18(5)11-19;/h9-11,16,22H,6-8H2,1-5H3;1H. The second-order valence-corrected chi connectivity index (χ2v) is 6.17. The van der Waals surface area contributed by atoms with E-state index in [1.165, 1.54) is 0 Å². The van der Waals surface area contributed by atoms with E-state index in [0.717, 1.165) is 29.8 Å². The van der Waals surface area contributed by atoms with Gasteiger partial charge in [-0.25, -0.2) is 9.13 Å². The summed E-state index contributed by atoms with van der Waals surface area (Å²) in [6.45, 7) is 5.33. The lowest BCUT2D eigenvalue weighted by Gasteiger charge is -2.34. The number of imidazole rings is 1. The van der Waals surface area contributed by atoms with Crippen molar-refractivity contribution in [1.29, 1.82) is 0 Å². The summed E-state index contributed by atoms with van der Waals surface area (Å²) in [6.07, 6.45) is 5.77. The Morgan fingerprint density at radius 1 is 1.26 bits per heavy atom. The van der Waals surface area contributed by atoms with Crippen LogP contribution in [0.5, 0.6) is 0 Å². The van der Waals surface area contributed by atoms with Gasteiger partial charge in [0.1, 0.15) is 12.4 Å². The summed E-state index contributed by atoms with van der Waals surface area (Å²) in [5.41, 5.74) is 2.51. The number of aromatic nitrogens is 2. The van der Waals surface area contributed by atoms with Crippen LogP contribution in [0.1, 0.15) is 20.3 Å². The molecule has 2 rings (SSSR count). The minimum Gasteiger partial charge on any atom is -1.00 e. The van der Waals surface area contributed by atoms with Crippen molar-refractivity contribution in [2.45, 2.75) is 26.5 Å². The van der Waals surface area contributed by atoms with Crippen molar-refractivity contribution in [3.63, 3.8) is 0 Å². The van der Waals surface area contributed by atoms with Crippen molar-refractivity contribution in [2.75, 3.05) is 27.2 Å². The maximum Gasteiger partial charge on any atom is 0.248 e. The Morgan fingerprint density at radius 3 is 2.43 bits per heavy atom. The second kappa shape index (κ2) is 7.86. The average Bonchev–Trinajstić information content (AvgIpc) is 2.86. The van der Waals surface area contributed by atoms with Gasteiger partial charge in [-0.1, -0.05) is 0 Å². The van der Waals surface area contributed by atoms with Crippen molar-refractivity contribution in [3.8, 4) is 0 Å². The highest BCUT2D eigenvalue weighted by Crippen LogP contribution is 2.32. The van der Waals surface area contributed by atoms with E-state index in [0.29, 0.717) is 6.54 Å². The third kappa shape index (κ3) is 4.07. The minimum atomic E-state index is -0.849. The molecule has 0 aliphatic carbocycles. The summed E-state index contributed by atoms with van der Waals surface area (Å²) in [7, 11) is 5.97. The molecular formula is C16H27ClN4O2. The fourth-order valence-corrected chi connectivity index (χ4v) is 2.74. The minimum absolute atomic E-state index is 0. The number of hydrogen-bond donors (Lipinski definition) is 2. The fourth-order valence-electron chi connectivity index (χ4n) is 2.74. The van der Waals surface area contributed by atoms with Crippen molar-refractivity contribution in [3.05, 3.63) is 35.8 Å². The Hall–Kier alpha value is -1.50. The van der Waals surface area contributed by atoms with Gasteiger partial charge >= 0.3 is 0 Å². The van der Waals surface area contributed by atoms with Crippen LogP contribution in [0.3, 0.4) is 0 Å².